The highest BCUT2D eigenvalue weighted by molar-refractivity contribution is 5.79. The van der Waals surface area contributed by atoms with Gasteiger partial charge in [0.2, 0.25) is 0 Å². The van der Waals surface area contributed by atoms with E-state index in [9.17, 15) is 0 Å². The Kier molecular flexibility index (Phi) is 9.37. The molecule has 5 heteroatoms. The number of aliphatic imine (C=N–C) groups is 1. The summed E-state index contributed by atoms with van der Waals surface area (Å²) in [6, 6.07) is 8.51. The lowest BCUT2D eigenvalue weighted by Gasteiger charge is -2.26. The molecule has 1 fully saturated rings. The van der Waals surface area contributed by atoms with Crippen LogP contribution in [0, 0.1) is 0 Å². The molecule has 1 aromatic rings. The summed E-state index contributed by atoms with van der Waals surface area (Å²) in [7, 11) is 0. The van der Waals surface area contributed by atoms with Gasteiger partial charge in [-0.3, -0.25) is 0 Å². The van der Waals surface area contributed by atoms with Gasteiger partial charge in [-0.05, 0) is 50.9 Å². The molecule has 0 bridgehead atoms. The zero-order valence-electron chi connectivity index (χ0n) is 15.9. The Morgan fingerprint density at radius 1 is 1.04 bits per heavy atom. The first-order valence-electron chi connectivity index (χ1n) is 9.72. The van der Waals surface area contributed by atoms with E-state index >= 15 is 0 Å². The summed E-state index contributed by atoms with van der Waals surface area (Å²) in [5.74, 6) is 0.901. The lowest BCUT2D eigenvalue weighted by molar-refractivity contribution is 0.134. The van der Waals surface area contributed by atoms with Crippen LogP contribution in [0.15, 0.2) is 29.3 Å². The van der Waals surface area contributed by atoms with Gasteiger partial charge in [-0.15, -0.1) is 0 Å². The summed E-state index contributed by atoms with van der Waals surface area (Å²) < 4.78 is 5.43. The van der Waals surface area contributed by atoms with Gasteiger partial charge in [0.1, 0.15) is 0 Å². The van der Waals surface area contributed by atoms with Crippen molar-refractivity contribution in [3.05, 3.63) is 35.4 Å². The Hall–Kier alpha value is -1.59. The van der Waals surface area contributed by atoms with Gasteiger partial charge in [0, 0.05) is 26.2 Å². The highest BCUT2D eigenvalue weighted by atomic mass is 16.5. The van der Waals surface area contributed by atoms with E-state index in [-0.39, 0.29) is 0 Å². The minimum Gasteiger partial charge on any atom is -0.377 e. The van der Waals surface area contributed by atoms with Crippen molar-refractivity contribution in [1.82, 2.24) is 15.5 Å². The maximum atomic E-state index is 5.43. The average Bonchev–Trinajstić information content (AvgIpc) is 2.66. The Bertz CT molecular complexity index is 495. The fourth-order valence-corrected chi connectivity index (χ4v) is 2.99. The van der Waals surface area contributed by atoms with Crippen LogP contribution in [0.1, 0.15) is 44.2 Å². The summed E-state index contributed by atoms with van der Waals surface area (Å²) >= 11 is 0. The monoisotopic (exact) mass is 346 g/mol. The van der Waals surface area contributed by atoms with Crippen LogP contribution in [0.2, 0.25) is 0 Å². The fraction of sp³-hybridized carbons (Fsp3) is 0.650. The molecule has 0 amide bonds. The maximum Gasteiger partial charge on any atom is 0.191 e. The third kappa shape index (κ3) is 7.88. The molecule has 1 aromatic carbocycles. The van der Waals surface area contributed by atoms with E-state index in [1.54, 1.807) is 0 Å². The van der Waals surface area contributed by atoms with E-state index < -0.39 is 0 Å². The summed E-state index contributed by atoms with van der Waals surface area (Å²) in [4.78, 5) is 7.24. The minimum atomic E-state index is 0.681. The molecule has 0 aromatic heterocycles. The number of likely N-dealkylation sites (tertiary alicyclic amines) is 1. The van der Waals surface area contributed by atoms with Gasteiger partial charge in [-0.1, -0.05) is 30.7 Å². The van der Waals surface area contributed by atoms with Crippen molar-refractivity contribution in [2.75, 3.05) is 39.3 Å². The maximum absolute atomic E-state index is 5.43. The molecule has 0 unspecified atom stereocenters. The molecule has 2 N–H and O–H groups in total. The van der Waals surface area contributed by atoms with E-state index in [0.29, 0.717) is 13.2 Å². The number of hydrogen-bond acceptors (Lipinski definition) is 3. The second kappa shape index (κ2) is 11.9. The van der Waals surface area contributed by atoms with E-state index in [4.69, 9.17) is 9.73 Å². The predicted octanol–water partition coefficient (Wildman–Crippen LogP) is 2.76. The number of guanidine groups is 1. The minimum absolute atomic E-state index is 0.681. The van der Waals surface area contributed by atoms with Gasteiger partial charge in [-0.2, -0.15) is 0 Å². The first kappa shape index (κ1) is 19.7. The van der Waals surface area contributed by atoms with Gasteiger partial charge in [0.05, 0.1) is 13.2 Å². The lowest BCUT2D eigenvalue weighted by atomic mass is 10.1. The van der Waals surface area contributed by atoms with Crippen molar-refractivity contribution in [3.8, 4) is 0 Å². The molecule has 0 atom stereocenters. The second-order valence-electron chi connectivity index (χ2n) is 6.48. The number of hydrogen-bond donors (Lipinski definition) is 2. The van der Waals surface area contributed by atoms with Crippen LogP contribution in [0.3, 0.4) is 0 Å². The Morgan fingerprint density at radius 3 is 2.44 bits per heavy atom. The largest absolute Gasteiger partial charge is 0.377 e. The van der Waals surface area contributed by atoms with Crippen LogP contribution >= 0.6 is 0 Å². The lowest BCUT2D eigenvalue weighted by Crippen LogP contribution is -2.42. The van der Waals surface area contributed by atoms with E-state index in [0.717, 1.165) is 32.2 Å². The van der Waals surface area contributed by atoms with Crippen molar-refractivity contribution in [1.29, 1.82) is 0 Å². The molecule has 0 spiro atoms. The predicted molar refractivity (Wildman–Crippen MR) is 105 cm³/mol. The van der Waals surface area contributed by atoms with Gasteiger partial charge >= 0.3 is 0 Å². The van der Waals surface area contributed by atoms with Crippen LogP contribution in [-0.2, 0) is 17.9 Å². The Morgan fingerprint density at radius 2 is 1.76 bits per heavy atom. The summed E-state index contributed by atoms with van der Waals surface area (Å²) in [6.07, 6.45) is 4.07. The quantitative estimate of drug-likeness (QED) is 0.533. The van der Waals surface area contributed by atoms with E-state index in [1.165, 1.54) is 43.5 Å². The molecule has 5 nitrogen and oxygen atoms in total. The molecule has 1 heterocycles. The van der Waals surface area contributed by atoms with Crippen LogP contribution < -0.4 is 10.6 Å². The highest BCUT2D eigenvalue weighted by Crippen LogP contribution is 2.08. The molecular weight excluding hydrogens is 312 g/mol. The highest BCUT2D eigenvalue weighted by Gasteiger charge is 2.09. The normalized spacial score (nSPS) is 16.0. The molecule has 140 valence electrons. The summed E-state index contributed by atoms with van der Waals surface area (Å²) in [5, 5.41) is 6.78. The molecule has 0 saturated carbocycles. The number of nitrogens with zero attached hydrogens (tertiary/aromatic N) is 2. The molecule has 2 rings (SSSR count). The zero-order valence-corrected chi connectivity index (χ0v) is 15.9. The van der Waals surface area contributed by atoms with Gasteiger partial charge in [0.15, 0.2) is 5.96 Å². The molecular formula is C20H34N4O. The van der Waals surface area contributed by atoms with E-state index in [2.05, 4.69) is 46.7 Å². The third-order valence-electron chi connectivity index (χ3n) is 4.43. The first-order valence-corrected chi connectivity index (χ1v) is 9.72. The van der Waals surface area contributed by atoms with Gasteiger partial charge < -0.3 is 20.3 Å². The average molecular weight is 347 g/mol. The smallest absolute Gasteiger partial charge is 0.191 e. The summed E-state index contributed by atoms with van der Waals surface area (Å²) in [6.45, 7) is 11.6. The second-order valence-corrected chi connectivity index (χ2v) is 6.48. The first-order chi connectivity index (χ1) is 12.3. The molecule has 1 saturated heterocycles. The fourth-order valence-electron chi connectivity index (χ4n) is 2.99. The number of ether oxygens (including phenoxy) is 1. The number of rotatable bonds is 9. The summed E-state index contributed by atoms with van der Waals surface area (Å²) in [5.41, 5.74) is 2.43. The van der Waals surface area contributed by atoms with Crippen molar-refractivity contribution in [2.24, 2.45) is 4.99 Å². The molecule has 1 aliphatic rings. The Balaban J connectivity index is 1.77. The van der Waals surface area contributed by atoms with Crippen molar-refractivity contribution < 1.29 is 4.74 Å². The van der Waals surface area contributed by atoms with Crippen LogP contribution in [0.5, 0.6) is 0 Å². The third-order valence-corrected chi connectivity index (χ3v) is 4.43. The molecule has 0 radical (unpaired) electrons. The standard InChI is InChI=1S/C20H34N4O/c1-3-21-20(22-12-15-24-13-6-5-7-14-24)23-16-18-8-10-19(11-9-18)17-25-4-2/h8-11H,3-7,12-17H2,1-2H3,(H2,21,22,23). The van der Waals surface area contributed by atoms with Gasteiger partial charge in [0.25, 0.3) is 0 Å². The molecule has 0 aliphatic carbocycles. The van der Waals surface area contributed by atoms with Crippen molar-refractivity contribution >= 4 is 5.96 Å². The van der Waals surface area contributed by atoms with E-state index in [1.807, 2.05) is 6.92 Å². The molecule has 25 heavy (non-hydrogen) atoms. The van der Waals surface area contributed by atoms with Crippen LogP contribution in [0.25, 0.3) is 0 Å². The van der Waals surface area contributed by atoms with Crippen molar-refractivity contribution in [3.63, 3.8) is 0 Å². The van der Waals surface area contributed by atoms with Gasteiger partial charge in [-0.25, -0.2) is 4.99 Å². The molecule has 1 aliphatic heterocycles. The van der Waals surface area contributed by atoms with Crippen molar-refractivity contribution in [2.45, 2.75) is 46.3 Å². The SMILES string of the molecule is CCNC(=NCc1ccc(COCC)cc1)NCCN1CCCCC1. The zero-order chi connectivity index (χ0) is 17.7. The van der Waals surface area contributed by atoms with Crippen LogP contribution in [-0.4, -0.2) is 50.2 Å². The Labute approximate surface area is 152 Å². The number of piperidine rings is 1. The number of benzene rings is 1. The number of nitrogens with one attached hydrogen (secondary N) is 2. The van der Waals surface area contributed by atoms with Crippen LogP contribution in [0.4, 0.5) is 0 Å². The topological polar surface area (TPSA) is 48.9 Å².